The van der Waals surface area contributed by atoms with E-state index in [0.29, 0.717) is 4.68 Å². The summed E-state index contributed by atoms with van der Waals surface area (Å²) < 4.78 is 23.4. The molecule has 1 aromatic heterocycles. The predicted molar refractivity (Wildman–Crippen MR) is 166 cm³/mol. The van der Waals surface area contributed by atoms with Crippen molar-refractivity contribution in [3.8, 4) is 12.1 Å². The summed E-state index contributed by atoms with van der Waals surface area (Å²) in [5.41, 5.74) is -1.79. The van der Waals surface area contributed by atoms with Crippen molar-refractivity contribution >= 4 is 35.3 Å². The van der Waals surface area contributed by atoms with Crippen LogP contribution in [0.15, 0.2) is 95.8 Å². The first-order valence-corrected chi connectivity index (χ1v) is 14.7. The zero-order valence-corrected chi connectivity index (χ0v) is 25.7. The Morgan fingerprint density at radius 1 is 0.857 bits per heavy atom. The van der Waals surface area contributed by atoms with Crippen molar-refractivity contribution in [2.45, 2.75) is 30.5 Å². The third kappa shape index (κ3) is 7.28. The van der Waals surface area contributed by atoms with Crippen LogP contribution in [0.3, 0.4) is 0 Å². The van der Waals surface area contributed by atoms with Gasteiger partial charge in [0, 0.05) is 0 Å². The number of rotatable bonds is 10. The number of hydrogen-bond acceptors (Lipinski definition) is 13. The van der Waals surface area contributed by atoms with E-state index in [2.05, 4.69) is 5.10 Å². The number of halogens is 1. The summed E-state index contributed by atoms with van der Waals surface area (Å²) in [5.74, 6) is -5.71. The lowest BCUT2D eigenvalue weighted by molar-refractivity contribution is -0.390. The Labute approximate surface area is 281 Å². The molecule has 1 saturated heterocycles. The second kappa shape index (κ2) is 15.0. The highest BCUT2D eigenvalue weighted by atomic mass is 35.5. The average molecular weight is 684 g/mol. The van der Waals surface area contributed by atoms with Crippen molar-refractivity contribution in [1.29, 1.82) is 10.5 Å². The molecule has 0 aliphatic carbocycles. The lowest BCUT2D eigenvalue weighted by Crippen LogP contribution is -2.43. The quantitative estimate of drug-likeness (QED) is 0.0995. The molecule has 49 heavy (non-hydrogen) atoms. The minimum Gasteiger partial charge on any atom is -0.459 e. The number of ether oxygens (including phenoxy) is 4. The van der Waals surface area contributed by atoms with Crippen LogP contribution in [-0.2, 0) is 18.9 Å². The molecule has 15 nitrogen and oxygen atoms in total. The Morgan fingerprint density at radius 3 is 1.80 bits per heavy atom. The Hall–Kier alpha value is -6.42. The standard InChI is InChI=1S/C33H22ClN5O10/c34-25-24(22(16-35)17-36)29(40)38(37-28(25)39(44)45)30-27(49-33(43)21-14-8-3-9-15-21)26(48-32(42)20-12-6-2-7-13-20)23(47-30)18-46-31(41)19-10-4-1-5-11-19/h1-15,22-23,26-27,30H,18H2/t23-,26-,27-,30-/m1/s1. The highest BCUT2D eigenvalue weighted by Crippen LogP contribution is 2.36. The molecule has 0 N–H and O–H groups in total. The van der Waals surface area contributed by atoms with E-state index in [0.717, 1.165) is 0 Å². The highest BCUT2D eigenvalue weighted by Gasteiger charge is 2.54. The number of hydrogen-bond donors (Lipinski definition) is 0. The lowest BCUT2D eigenvalue weighted by Gasteiger charge is -2.24. The summed E-state index contributed by atoms with van der Waals surface area (Å²) in [4.78, 5) is 64.3. The Balaban J connectivity index is 1.64. The van der Waals surface area contributed by atoms with Gasteiger partial charge in [0.25, 0.3) is 5.56 Å². The van der Waals surface area contributed by atoms with Gasteiger partial charge in [-0.15, -0.1) is 0 Å². The number of carbonyl (C=O) groups excluding carboxylic acids is 3. The van der Waals surface area contributed by atoms with Crippen molar-refractivity contribution in [3.63, 3.8) is 0 Å². The van der Waals surface area contributed by atoms with Crippen molar-refractivity contribution in [2.24, 2.45) is 0 Å². The van der Waals surface area contributed by atoms with Gasteiger partial charge in [-0.1, -0.05) is 70.9 Å². The van der Waals surface area contributed by atoms with Crippen LogP contribution < -0.4 is 5.56 Å². The van der Waals surface area contributed by atoms with Crippen molar-refractivity contribution in [2.75, 3.05) is 6.61 Å². The molecule has 5 rings (SSSR count). The van der Waals surface area contributed by atoms with Crippen LogP contribution in [0, 0.1) is 32.8 Å². The lowest BCUT2D eigenvalue weighted by atomic mass is 10.0. The normalized spacial score (nSPS) is 18.1. The molecule has 246 valence electrons. The van der Waals surface area contributed by atoms with Crippen molar-refractivity contribution in [1.82, 2.24) is 9.78 Å². The number of esters is 3. The predicted octanol–water partition coefficient (Wildman–Crippen LogP) is 4.14. The molecule has 4 atom stereocenters. The first-order chi connectivity index (χ1) is 23.6. The topological polar surface area (TPSA) is 214 Å². The van der Waals surface area contributed by atoms with Gasteiger partial charge >= 0.3 is 23.7 Å². The molecular formula is C33H22ClN5O10. The molecule has 0 amide bonds. The molecule has 0 bridgehead atoms. The molecule has 4 aromatic rings. The summed E-state index contributed by atoms with van der Waals surface area (Å²) >= 11 is 6.10. The molecule has 0 radical (unpaired) electrons. The van der Waals surface area contributed by atoms with Crippen LogP contribution in [0.2, 0.25) is 5.02 Å². The maximum atomic E-state index is 13.8. The fourth-order valence-electron chi connectivity index (χ4n) is 4.88. The van der Waals surface area contributed by atoms with E-state index in [-0.39, 0.29) is 16.7 Å². The molecule has 0 saturated carbocycles. The number of aromatic nitrogens is 2. The number of benzene rings is 3. The Kier molecular flexibility index (Phi) is 10.4. The molecule has 2 heterocycles. The number of nitro groups is 1. The van der Waals surface area contributed by atoms with Gasteiger partial charge in [0.1, 0.15) is 12.7 Å². The zero-order chi connectivity index (χ0) is 35.1. The Bertz CT molecular complexity index is 2020. The second-order valence-electron chi connectivity index (χ2n) is 10.3. The molecule has 0 spiro atoms. The smallest absolute Gasteiger partial charge is 0.407 e. The second-order valence-corrected chi connectivity index (χ2v) is 10.6. The first-order valence-electron chi connectivity index (χ1n) is 14.3. The SMILES string of the molecule is N#CC(C#N)c1c(Cl)c([N+](=O)[O-])nn([C@@H]2O[C@H](COC(=O)c3ccccc3)[C@@H](OC(=O)c3ccccc3)[C@H]2OC(=O)c2ccccc2)c1=O. The molecule has 3 aromatic carbocycles. The van der Waals surface area contributed by atoms with E-state index in [1.807, 2.05) is 0 Å². The van der Waals surface area contributed by atoms with Crippen LogP contribution in [0.1, 0.15) is 48.8 Å². The van der Waals surface area contributed by atoms with Gasteiger partial charge in [-0.3, -0.25) is 4.79 Å². The van der Waals surface area contributed by atoms with E-state index in [1.54, 1.807) is 66.7 Å². The molecular weight excluding hydrogens is 662 g/mol. The summed E-state index contributed by atoms with van der Waals surface area (Å²) in [6, 6.07) is 26.2. The summed E-state index contributed by atoms with van der Waals surface area (Å²) in [6.07, 6.45) is -6.76. The van der Waals surface area contributed by atoms with E-state index in [4.69, 9.17) is 30.5 Å². The zero-order valence-electron chi connectivity index (χ0n) is 25.0. The van der Waals surface area contributed by atoms with Crippen LogP contribution in [0.5, 0.6) is 0 Å². The average Bonchev–Trinajstić information content (AvgIpc) is 3.45. The van der Waals surface area contributed by atoms with Crippen LogP contribution in [0.4, 0.5) is 5.82 Å². The van der Waals surface area contributed by atoms with Crippen molar-refractivity contribution in [3.05, 3.63) is 139 Å². The van der Waals surface area contributed by atoms with Gasteiger partial charge in [-0.25, -0.2) is 14.4 Å². The fraction of sp³-hybridized carbons (Fsp3) is 0.182. The van der Waals surface area contributed by atoms with Gasteiger partial charge in [-0.2, -0.15) is 10.5 Å². The van der Waals surface area contributed by atoms with E-state index in [9.17, 15) is 39.8 Å². The number of nitrogens with zero attached hydrogens (tertiary/aromatic N) is 5. The summed E-state index contributed by atoms with van der Waals surface area (Å²) in [5, 5.41) is 33.9. The van der Waals surface area contributed by atoms with E-state index >= 15 is 0 Å². The minimum atomic E-state index is -1.90. The molecule has 16 heteroatoms. The minimum absolute atomic E-state index is 0.0328. The summed E-state index contributed by atoms with van der Waals surface area (Å²) in [6.45, 7) is -0.632. The van der Waals surface area contributed by atoms with Crippen LogP contribution >= 0.6 is 11.6 Å². The maximum Gasteiger partial charge on any atom is 0.407 e. The Morgan fingerprint density at radius 2 is 1.33 bits per heavy atom. The van der Waals surface area contributed by atoms with Crippen LogP contribution in [-0.4, -0.2) is 57.5 Å². The van der Waals surface area contributed by atoms with Gasteiger partial charge in [-0.05, 0) is 41.3 Å². The van der Waals surface area contributed by atoms with Crippen molar-refractivity contribution < 1.29 is 38.3 Å². The monoisotopic (exact) mass is 683 g/mol. The number of carbonyl (C=O) groups is 3. The fourth-order valence-corrected chi connectivity index (χ4v) is 5.18. The van der Waals surface area contributed by atoms with Gasteiger partial charge in [0.05, 0.1) is 39.5 Å². The highest BCUT2D eigenvalue weighted by molar-refractivity contribution is 6.33. The van der Waals surface area contributed by atoms with E-state index in [1.165, 1.54) is 36.4 Å². The van der Waals surface area contributed by atoms with Gasteiger partial charge < -0.3 is 29.1 Å². The van der Waals surface area contributed by atoms with Gasteiger partial charge in [0.15, 0.2) is 23.1 Å². The summed E-state index contributed by atoms with van der Waals surface area (Å²) in [7, 11) is 0. The van der Waals surface area contributed by atoms with Crippen LogP contribution in [0.25, 0.3) is 0 Å². The third-order valence-electron chi connectivity index (χ3n) is 7.21. The molecule has 0 unspecified atom stereocenters. The largest absolute Gasteiger partial charge is 0.459 e. The maximum absolute atomic E-state index is 13.8. The molecule has 1 aliphatic rings. The number of nitriles is 2. The third-order valence-corrected chi connectivity index (χ3v) is 7.59. The first kappa shape index (κ1) is 33.9. The van der Waals surface area contributed by atoms with Gasteiger partial charge in [0.2, 0.25) is 6.23 Å². The molecule has 1 aliphatic heterocycles. The van der Waals surface area contributed by atoms with E-state index < -0.39 is 81.9 Å². The molecule has 1 fully saturated rings.